The van der Waals surface area contributed by atoms with Gasteiger partial charge in [0.2, 0.25) is 0 Å². The molecule has 1 unspecified atom stereocenters. The number of hydrogen-bond acceptors (Lipinski definition) is 4. The molecule has 0 heterocycles. The largest absolute Gasteiger partial charge is 0.386 e. The van der Waals surface area contributed by atoms with Gasteiger partial charge in [-0.15, -0.1) is 4.36 Å². The fourth-order valence-electron chi connectivity index (χ4n) is 4.46. The van der Waals surface area contributed by atoms with Crippen LogP contribution in [0.25, 0.3) is 0 Å². The van der Waals surface area contributed by atoms with E-state index in [1.165, 1.54) is 23.3 Å². The third kappa shape index (κ3) is 4.16. The average Bonchev–Trinajstić information content (AvgIpc) is 3.36. The fraction of sp³-hybridized carbons (Fsp3) is 0.391. The summed E-state index contributed by atoms with van der Waals surface area (Å²) in [5, 5.41) is 22.3. The van der Waals surface area contributed by atoms with Gasteiger partial charge in [-0.1, -0.05) is 18.2 Å². The van der Waals surface area contributed by atoms with E-state index < -0.39 is 21.5 Å². The van der Waals surface area contributed by atoms with Crippen molar-refractivity contribution in [1.29, 1.82) is 5.26 Å². The fourth-order valence-corrected chi connectivity index (χ4v) is 5.68. The van der Waals surface area contributed by atoms with Crippen molar-refractivity contribution in [2.45, 2.75) is 62.9 Å². The van der Waals surface area contributed by atoms with E-state index in [0.717, 1.165) is 55.3 Å². The molecule has 31 heavy (non-hydrogen) atoms. The summed E-state index contributed by atoms with van der Waals surface area (Å²) in [5.74, 6) is 0. The van der Waals surface area contributed by atoms with Crippen LogP contribution in [0.1, 0.15) is 54.5 Å². The van der Waals surface area contributed by atoms with Gasteiger partial charge < -0.3 is 10.4 Å². The molecular weight excluding hydrogens is 412 g/mol. The molecule has 0 radical (unpaired) electrons. The molecule has 162 valence electrons. The number of carbonyl (C=O) groups excluding carboxylic acids is 1. The van der Waals surface area contributed by atoms with Crippen molar-refractivity contribution in [3.8, 4) is 6.19 Å². The number of hydrogen-bond donors (Lipinski definition) is 3. The molecule has 1 atom stereocenters. The highest BCUT2D eigenvalue weighted by Gasteiger charge is 2.26. The summed E-state index contributed by atoms with van der Waals surface area (Å²) < 4.78 is 19.6. The third-order valence-electron chi connectivity index (χ3n) is 5.96. The van der Waals surface area contributed by atoms with Gasteiger partial charge in [0.1, 0.15) is 0 Å². The summed E-state index contributed by atoms with van der Waals surface area (Å²) in [6, 6.07) is 7.84. The molecular formula is C23H26N4O3S. The predicted molar refractivity (Wildman–Crippen MR) is 119 cm³/mol. The van der Waals surface area contributed by atoms with Gasteiger partial charge in [-0.05, 0) is 92.3 Å². The van der Waals surface area contributed by atoms with Crippen molar-refractivity contribution in [2.75, 3.05) is 5.32 Å². The Morgan fingerprint density at radius 3 is 2.35 bits per heavy atom. The van der Waals surface area contributed by atoms with Gasteiger partial charge in [-0.2, -0.15) is 5.26 Å². The van der Waals surface area contributed by atoms with Crippen LogP contribution in [0.4, 0.5) is 10.5 Å². The summed E-state index contributed by atoms with van der Waals surface area (Å²) in [6.07, 6.45) is 7.56. The van der Waals surface area contributed by atoms with Crippen LogP contribution in [-0.4, -0.2) is 15.3 Å². The number of anilines is 1. The molecule has 0 aliphatic heterocycles. The highest BCUT2D eigenvalue weighted by molar-refractivity contribution is 7.92. The number of amides is 2. The zero-order valence-corrected chi connectivity index (χ0v) is 18.5. The summed E-state index contributed by atoms with van der Waals surface area (Å²) in [6.45, 7) is 3.21. The second kappa shape index (κ2) is 7.98. The van der Waals surface area contributed by atoms with Crippen molar-refractivity contribution in [2.24, 2.45) is 4.36 Å². The van der Waals surface area contributed by atoms with Crippen LogP contribution in [0, 0.1) is 11.5 Å². The highest BCUT2D eigenvalue weighted by Crippen LogP contribution is 2.38. The van der Waals surface area contributed by atoms with E-state index in [-0.39, 0.29) is 4.90 Å². The molecule has 0 saturated carbocycles. The van der Waals surface area contributed by atoms with Gasteiger partial charge in [-0.25, -0.2) is 13.7 Å². The Bertz CT molecular complexity index is 1180. The number of aliphatic hydroxyl groups is 1. The predicted octanol–water partition coefficient (Wildman–Crippen LogP) is 3.94. The first kappa shape index (κ1) is 21.3. The Morgan fingerprint density at radius 1 is 1.13 bits per heavy atom. The Hall–Kier alpha value is -2.89. The van der Waals surface area contributed by atoms with Crippen molar-refractivity contribution in [3.63, 3.8) is 0 Å². The zero-order valence-electron chi connectivity index (χ0n) is 17.7. The van der Waals surface area contributed by atoms with E-state index in [1.807, 2.05) is 0 Å². The lowest BCUT2D eigenvalue weighted by atomic mass is 9.99. The molecule has 4 rings (SSSR count). The Kier molecular flexibility index (Phi) is 5.50. The van der Waals surface area contributed by atoms with Crippen LogP contribution in [0.15, 0.2) is 39.6 Å². The van der Waals surface area contributed by atoms with E-state index in [1.54, 1.807) is 32.2 Å². The molecule has 2 aliphatic rings. The second-order valence-corrected chi connectivity index (χ2v) is 10.5. The first-order valence-electron chi connectivity index (χ1n) is 10.4. The van der Waals surface area contributed by atoms with Gasteiger partial charge in [-0.3, -0.25) is 0 Å². The molecule has 0 spiro atoms. The number of nitrogens with zero attached hydrogens (tertiary/aromatic N) is 2. The van der Waals surface area contributed by atoms with Crippen molar-refractivity contribution >= 4 is 21.6 Å². The number of nitriles is 1. The SMILES string of the molecule is CC(C)(O)c1cccc(S(=O)(=NC(=O)Nc2c3c(cc4c2CCC4)CCC3)NC#N)c1. The van der Waals surface area contributed by atoms with E-state index >= 15 is 0 Å². The number of nitrogens with one attached hydrogen (secondary N) is 2. The number of carbonyl (C=O) groups is 1. The van der Waals surface area contributed by atoms with Crippen molar-refractivity contribution in [1.82, 2.24) is 4.72 Å². The van der Waals surface area contributed by atoms with Gasteiger partial charge in [0, 0.05) is 5.69 Å². The van der Waals surface area contributed by atoms with E-state index in [4.69, 9.17) is 5.26 Å². The zero-order chi connectivity index (χ0) is 22.2. The third-order valence-corrected chi connectivity index (χ3v) is 7.64. The van der Waals surface area contributed by atoms with Gasteiger partial charge in [0.05, 0.1) is 10.5 Å². The maximum Gasteiger partial charge on any atom is 0.355 e. The smallest absolute Gasteiger partial charge is 0.355 e. The monoisotopic (exact) mass is 438 g/mol. The van der Waals surface area contributed by atoms with Crippen LogP contribution in [0.3, 0.4) is 0 Å². The molecule has 3 N–H and O–H groups in total. The maximum atomic E-state index is 13.5. The number of benzene rings is 2. The molecule has 7 nitrogen and oxygen atoms in total. The normalized spacial score (nSPS) is 16.6. The summed E-state index contributed by atoms with van der Waals surface area (Å²) in [5.41, 5.74) is 4.97. The molecule has 0 saturated heterocycles. The van der Waals surface area contributed by atoms with Crippen molar-refractivity contribution < 1.29 is 14.1 Å². The number of fused-ring (bicyclic) bond motifs is 2. The van der Waals surface area contributed by atoms with Crippen molar-refractivity contribution in [3.05, 3.63) is 58.1 Å². The Labute approximate surface area is 182 Å². The van der Waals surface area contributed by atoms with Crippen LogP contribution in [0.5, 0.6) is 0 Å². The summed E-state index contributed by atoms with van der Waals surface area (Å²) in [7, 11) is -3.56. The Morgan fingerprint density at radius 2 is 1.77 bits per heavy atom. The topological polar surface area (TPSA) is 115 Å². The highest BCUT2D eigenvalue weighted by atomic mass is 32.2. The lowest BCUT2D eigenvalue weighted by molar-refractivity contribution is 0.0784. The standard InChI is InChI=1S/C23H26N4O3S/c1-23(2,29)17-8-5-9-18(13-17)31(30,25-14-24)27-22(28)26-21-19-10-3-6-15(19)12-16-7-4-11-20(16)21/h5,8-9,12-13,29H,3-4,6-7,10-11H2,1-2H3,(H2,25,26,27,28,30). The summed E-state index contributed by atoms with van der Waals surface area (Å²) in [4.78, 5) is 13.1. The minimum Gasteiger partial charge on any atom is -0.386 e. The minimum atomic E-state index is -3.56. The lowest BCUT2D eigenvalue weighted by Gasteiger charge is -2.19. The minimum absolute atomic E-state index is 0.160. The molecule has 0 aromatic heterocycles. The number of urea groups is 1. The van der Waals surface area contributed by atoms with Gasteiger partial charge in [0.25, 0.3) is 0 Å². The van der Waals surface area contributed by atoms with E-state index in [9.17, 15) is 14.1 Å². The summed E-state index contributed by atoms with van der Waals surface area (Å²) >= 11 is 0. The molecule has 2 aliphatic carbocycles. The number of rotatable bonds is 4. The molecule has 8 heteroatoms. The molecule has 0 fully saturated rings. The molecule has 2 amide bonds. The maximum absolute atomic E-state index is 13.5. The molecule has 2 aromatic carbocycles. The van der Waals surface area contributed by atoms with Crippen LogP contribution in [0.2, 0.25) is 0 Å². The second-order valence-electron chi connectivity index (χ2n) is 8.58. The lowest BCUT2D eigenvalue weighted by Crippen LogP contribution is -2.23. The number of aryl methyl sites for hydroxylation is 2. The quantitative estimate of drug-likeness (QED) is 0.495. The van der Waals surface area contributed by atoms with E-state index in [2.05, 4.69) is 20.5 Å². The Balaban J connectivity index is 1.73. The van der Waals surface area contributed by atoms with Crippen LogP contribution < -0.4 is 10.0 Å². The average molecular weight is 439 g/mol. The van der Waals surface area contributed by atoms with Gasteiger partial charge >= 0.3 is 6.03 Å². The first-order valence-corrected chi connectivity index (χ1v) is 12.0. The van der Waals surface area contributed by atoms with Crippen LogP contribution in [-0.2, 0) is 41.2 Å². The van der Waals surface area contributed by atoms with Crippen LogP contribution >= 0.6 is 0 Å². The van der Waals surface area contributed by atoms with E-state index in [0.29, 0.717) is 5.56 Å². The first-order chi connectivity index (χ1) is 14.7. The van der Waals surface area contributed by atoms with Gasteiger partial charge in [0.15, 0.2) is 16.1 Å². The molecule has 2 aromatic rings. The molecule has 0 bridgehead atoms.